The molecule has 0 aliphatic heterocycles. The van der Waals surface area contributed by atoms with Crippen LogP contribution in [0.1, 0.15) is 11.7 Å². The molecular weight excluding hydrogens is 213 g/mol. The van der Waals surface area contributed by atoms with Crippen LogP contribution in [0.5, 0.6) is 0 Å². The summed E-state index contributed by atoms with van der Waals surface area (Å²) >= 11 is 1.08. The second-order valence-electron chi connectivity index (χ2n) is 2.03. The lowest BCUT2D eigenvalue weighted by atomic mass is 10.7. The summed E-state index contributed by atoms with van der Waals surface area (Å²) in [6.07, 6.45) is 0. The zero-order valence-corrected chi connectivity index (χ0v) is 8.68. The van der Waals surface area contributed by atoms with E-state index in [0.717, 1.165) is 11.4 Å². The highest BCUT2D eigenvalue weighted by atomic mass is 32.7. The number of rotatable bonds is 5. The summed E-state index contributed by atoms with van der Waals surface area (Å²) in [5.74, 6) is 1.37. The minimum Gasteiger partial charge on any atom is -0.338 e. The zero-order chi connectivity index (χ0) is 9.68. The van der Waals surface area contributed by atoms with E-state index in [1.807, 2.05) is 0 Å². The second kappa shape index (κ2) is 5.29. The molecule has 1 aromatic heterocycles. The van der Waals surface area contributed by atoms with Gasteiger partial charge in [0.05, 0.1) is 0 Å². The SMILES string of the molecule is Cc1noc(CS[P+](=O)OCN)n1. The molecule has 0 saturated heterocycles. The minimum atomic E-state index is -1.78. The highest BCUT2D eigenvalue weighted by Gasteiger charge is 2.21. The van der Waals surface area contributed by atoms with E-state index in [1.165, 1.54) is 0 Å². The van der Waals surface area contributed by atoms with Crippen molar-refractivity contribution < 1.29 is 13.6 Å². The van der Waals surface area contributed by atoms with E-state index < -0.39 is 7.23 Å². The highest BCUT2D eigenvalue weighted by Crippen LogP contribution is 2.40. The van der Waals surface area contributed by atoms with Gasteiger partial charge in [-0.15, -0.1) is 4.52 Å². The van der Waals surface area contributed by atoms with Crippen LogP contribution in [0.25, 0.3) is 0 Å². The van der Waals surface area contributed by atoms with Gasteiger partial charge in [-0.05, 0) is 11.5 Å². The first-order chi connectivity index (χ1) is 6.22. The van der Waals surface area contributed by atoms with Crippen molar-refractivity contribution in [2.45, 2.75) is 12.7 Å². The van der Waals surface area contributed by atoms with E-state index in [0.29, 0.717) is 17.5 Å². The lowest BCUT2D eigenvalue weighted by Crippen LogP contribution is -1.97. The normalized spacial score (nSPS) is 11.7. The summed E-state index contributed by atoms with van der Waals surface area (Å²) in [4.78, 5) is 3.93. The summed E-state index contributed by atoms with van der Waals surface area (Å²) in [5.41, 5.74) is 5.03. The lowest BCUT2D eigenvalue weighted by Gasteiger charge is -1.82. The fourth-order valence-electron chi connectivity index (χ4n) is 0.605. The second-order valence-corrected chi connectivity index (χ2v) is 4.95. The molecule has 1 rings (SSSR count). The van der Waals surface area contributed by atoms with Gasteiger partial charge >= 0.3 is 7.23 Å². The van der Waals surface area contributed by atoms with Crippen molar-refractivity contribution >= 4 is 18.6 Å². The fraction of sp³-hybridized carbons (Fsp3) is 0.600. The Morgan fingerprint density at radius 2 is 2.54 bits per heavy atom. The molecule has 0 aliphatic rings. The Morgan fingerprint density at radius 3 is 3.08 bits per heavy atom. The molecule has 0 bridgehead atoms. The molecule has 0 radical (unpaired) electrons. The molecule has 8 heteroatoms. The molecule has 0 aromatic carbocycles. The van der Waals surface area contributed by atoms with Crippen LogP contribution in [-0.4, -0.2) is 16.9 Å². The van der Waals surface area contributed by atoms with Crippen molar-refractivity contribution in [2.75, 3.05) is 6.73 Å². The molecule has 0 saturated carbocycles. The Balaban J connectivity index is 2.30. The number of hydrogen-bond donors (Lipinski definition) is 1. The summed E-state index contributed by atoms with van der Waals surface area (Å²) in [5, 5.41) is 3.58. The highest BCUT2D eigenvalue weighted by molar-refractivity contribution is 8.49. The standard InChI is InChI=1S/C5H9N3O3PS/c1-4-7-5(11-8-4)2-13-12(9)10-3-6/h2-3,6H2,1H3/q+1. The maximum Gasteiger partial charge on any atom is 0.587 e. The average Bonchev–Trinajstić information content (AvgIpc) is 2.49. The Hall–Kier alpha value is -0.490. The Morgan fingerprint density at radius 1 is 1.77 bits per heavy atom. The van der Waals surface area contributed by atoms with Crippen molar-refractivity contribution in [3.05, 3.63) is 11.7 Å². The zero-order valence-electron chi connectivity index (χ0n) is 6.97. The molecule has 1 aromatic rings. The van der Waals surface area contributed by atoms with Crippen LogP contribution in [0.2, 0.25) is 0 Å². The van der Waals surface area contributed by atoms with Gasteiger partial charge in [0.1, 0.15) is 5.75 Å². The van der Waals surface area contributed by atoms with Crippen LogP contribution < -0.4 is 5.73 Å². The largest absolute Gasteiger partial charge is 0.587 e. The summed E-state index contributed by atoms with van der Waals surface area (Å²) in [6, 6.07) is 0. The molecule has 13 heavy (non-hydrogen) atoms. The first kappa shape index (κ1) is 10.6. The number of aromatic nitrogens is 2. The molecule has 0 amide bonds. The topological polar surface area (TPSA) is 91.2 Å². The molecule has 1 atom stereocenters. The third kappa shape index (κ3) is 3.82. The van der Waals surface area contributed by atoms with E-state index in [1.54, 1.807) is 6.92 Å². The smallest absolute Gasteiger partial charge is 0.338 e. The van der Waals surface area contributed by atoms with Gasteiger partial charge in [0.2, 0.25) is 5.89 Å². The van der Waals surface area contributed by atoms with Gasteiger partial charge in [0, 0.05) is 0 Å². The van der Waals surface area contributed by atoms with Crippen LogP contribution in [0, 0.1) is 6.92 Å². The maximum absolute atomic E-state index is 10.9. The lowest BCUT2D eigenvalue weighted by molar-refractivity contribution is 0.351. The van der Waals surface area contributed by atoms with Gasteiger partial charge in [-0.25, -0.2) is 0 Å². The minimum absolute atomic E-state index is 0.0505. The van der Waals surface area contributed by atoms with Crippen molar-refractivity contribution in [3.63, 3.8) is 0 Å². The third-order valence-electron chi connectivity index (χ3n) is 1.04. The molecular formula is C5H9N3O3PS+. The van der Waals surface area contributed by atoms with E-state index in [9.17, 15) is 4.57 Å². The summed E-state index contributed by atoms with van der Waals surface area (Å²) < 4.78 is 20.4. The molecule has 2 N–H and O–H groups in total. The van der Waals surface area contributed by atoms with Crippen LogP contribution >= 0.6 is 18.6 Å². The Labute approximate surface area is 79.8 Å². The Kier molecular flexibility index (Phi) is 4.31. The van der Waals surface area contributed by atoms with Crippen molar-refractivity contribution in [2.24, 2.45) is 5.73 Å². The number of aryl methyl sites for hydroxylation is 1. The third-order valence-corrected chi connectivity index (χ3v) is 3.33. The van der Waals surface area contributed by atoms with Crippen molar-refractivity contribution in [3.8, 4) is 0 Å². The van der Waals surface area contributed by atoms with Gasteiger partial charge in [0.25, 0.3) is 0 Å². The van der Waals surface area contributed by atoms with Crippen molar-refractivity contribution in [1.82, 2.24) is 10.1 Å². The first-order valence-corrected chi connectivity index (χ1v) is 6.21. The quantitative estimate of drug-likeness (QED) is 0.591. The fourth-order valence-corrected chi connectivity index (χ4v) is 2.19. The number of nitrogens with zero attached hydrogens (tertiary/aromatic N) is 2. The van der Waals surface area contributed by atoms with Crippen LogP contribution in [-0.2, 0) is 14.8 Å². The van der Waals surface area contributed by atoms with Gasteiger partial charge in [-0.3, -0.25) is 0 Å². The summed E-state index contributed by atoms with van der Waals surface area (Å²) in [6.45, 7) is 1.67. The Bertz CT molecular complexity index is 292. The molecule has 1 heterocycles. The van der Waals surface area contributed by atoms with Gasteiger partial charge < -0.3 is 10.3 Å². The average molecular weight is 222 g/mol. The van der Waals surface area contributed by atoms with Crippen LogP contribution in [0.15, 0.2) is 4.52 Å². The van der Waals surface area contributed by atoms with Crippen LogP contribution in [0.4, 0.5) is 0 Å². The predicted molar refractivity (Wildman–Crippen MR) is 48.1 cm³/mol. The van der Waals surface area contributed by atoms with E-state index in [-0.39, 0.29) is 6.73 Å². The molecule has 0 fully saturated rings. The molecule has 72 valence electrons. The molecule has 0 spiro atoms. The molecule has 6 nitrogen and oxygen atoms in total. The van der Waals surface area contributed by atoms with E-state index in [2.05, 4.69) is 14.7 Å². The van der Waals surface area contributed by atoms with E-state index >= 15 is 0 Å². The van der Waals surface area contributed by atoms with E-state index in [4.69, 9.17) is 10.3 Å². The predicted octanol–water partition coefficient (Wildman–Crippen LogP) is 1.20. The summed E-state index contributed by atoms with van der Waals surface area (Å²) in [7, 11) is -1.78. The van der Waals surface area contributed by atoms with Gasteiger partial charge in [0.15, 0.2) is 23.9 Å². The molecule has 1 unspecified atom stereocenters. The number of nitrogens with two attached hydrogens (primary N) is 1. The first-order valence-electron chi connectivity index (χ1n) is 3.44. The monoisotopic (exact) mass is 222 g/mol. The van der Waals surface area contributed by atoms with Gasteiger partial charge in [-0.1, -0.05) is 5.16 Å². The number of hydrogen-bond acceptors (Lipinski definition) is 7. The van der Waals surface area contributed by atoms with Crippen LogP contribution in [0.3, 0.4) is 0 Å². The van der Waals surface area contributed by atoms with Crippen molar-refractivity contribution in [1.29, 1.82) is 0 Å². The van der Waals surface area contributed by atoms with Gasteiger partial charge in [-0.2, -0.15) is 4.98 Å². The molecule has 0 aliphatic carbocycles. The maximum atomic E-state index is 10.9.